The van der Waals surface area contributed by atoms with E-state index >= 15 is 0 Å². The molecule has 0 spiro atoms. The van der Waals surface area contributed by atoms with Gasteiger partial charge < -0.3 is 40.3 Å². The van der Waals surface area contributed by atoms with Crippen molar-refractivity contribution in [2.45, 2.75) is 346 Å². The first-order chi connectivity index (χ1) is 36.3. The molecule has 0 bridgehead atoms. The van der Waals surface area contributed by atoms with Crippen molar-refractivity contribution in [1.29, 1.82) is 0 Å². The lowest BCUT2D eigenvalue weighted by molar-refractivity contribution is -0.302. The zero-order valence-corrected chi connectivity index (χ0v) is 48.4. The van der Waals surface area contributed by atoms with Gasteiger partial charge in [-0.05, 0) is 64.2 Å². The molecular formula is C65H121NO8. The minimum atomic E-state index is -1.57. The van der Waals surface area contributed by atoms with E-state index in [2.05, 4.69) is 55.6 Å². The summed E-state index contributed by atoms with van der Waals surface area (Å²) in [5.74, 6) is -0.189. The van der Waals surface area contributed by atoms with Crippen molar-refractivity contribution in [2.24, 2.45) is 0 Å². The standard InChI is InChI=1S/C65H121NO8/c1-3-5-7-9-11-13-15-16-17-18-19-20-21-22-23-24-25-26-27-28-29-30-31-32-33-34-35-36-37-38-39-40-41-42-43-44-45-47-49-51-53-55-61(69)66-58(57-73-65-64(72)63(71)62(70)60(56-67)74-65)59(68)54-52-50-48-46-14-12-10-8-6-4-2/h6,8,14,18-19,46,52,54,58-60,62-65,67-68,70-72H,3-5,7,9-13,15-17,20-45,47-51,53,55-57H2,1-2H3,(H,66,69)/b8-6+,19-18-,46-14+,54-52+. The van der Waals surface area contributed by atoms with Crippen LogP contribution in [0.1, 0.15) is 303 Å². The molecule has 0 aromatic carbocycles. The van der Waals surface area contributed by atoms with Crippen molar-refractivity contribution in [3.8, 4) is 0 Å². The number of aliphatic hydroxyl groups is 5. The lowest BCUT2D eigenvalue weighted by Gasteiger charge is -2.40. The number of carbonyl (C=O) groups is 1. The number of amides is 1. The van der Waals surface area contributed by atoms with Crippen LogP contribution < -0.4 is 5.32 Å². The molecule has 434 valence electrons. The summed E-state index contributed by atoms with van der Waals surface area (Å²) in [6.45, 7) is 3.64. The largest absolute Gasteiger partial charge is 0.394 e. The highest BCUT2D eigenvalue weighted by molar-refractivity contribution is 5.76. The van der Waals surface area contributed by atoms with Crippen LogP contribution in [-0.4, -0.2) is 87.5 Å². The van der Waals surface area contributed by atoms with Crippen LogP contribution in [0.2, 0.25) is 0 Å². The van der Waals surface area contributed by atoms with Crippen LogP contribution in [-0.2, 0) is 14.3 Å². The number of aliphatic hydroxyl groups excluding tert-OH is 5. The molecule has 0 aliphatic carbocycles. The maximum atomic E-state index is 13.0. The van der Waals surface area contributed by atoms with E-state index in [0.717, 1.165) is 51.4 Å². The summed E-state index contributed by atoms with van der Waals surface area (Å²) in [7, 11) is 0. The van der Waals surface area contributed by atoms with Crippen molar-refractivity contribution in [2.75, 3.05) is 13.2 Å². The minimum Gasteiger partial charge on any atom is -0.394 e. The number of nitrogens with one attached hydrogen (secondary N) is 1. The van der Waals surface area contributed by atoms with Crippen molar-refractivity contribution in [1.82, 2.24) is 5.32 Å². The SMILES string of the molecule is CC/C=C/CC/C=C/CC/C=C/C(O)C(COC1OC(CO)C(O)C(O)C1O)NC(=O)CCCCCCCCCCCCCCCCCCCCCCCCCCCCCCC/C=C\CCCCCCCCCC. The highest BCUT2D eigenvalue weighted by Gasteiger charge is 2.44. The van der Waals surface area contributed by atoms with Gasteiger partial charge in [0.15, 0.2) is 6.29 Å². The van der Waals surface area contributed by atoms with Gasteiger partial charge in [-0.3, -0.25) is 4.79 Å². The normalized spacial score (nSPS) is 19.3. The van der Waals surface area contributed by atoms with Gasteiger partial charge in [0, 0.05) is 6.42 Å². The lowest BCUT2D eigenvalue weighted by atomic mass is 9.99. The predicted molar refractivity (Wildman–Crippen MR) is 313 cm³/mol. The van der Waals surface area contributed by atoms with Crippen molar-refractivity contribution in [3.63, 3.8) is 0 Å². The van der Waals surface area contributed by atoms with E-state index in [0.29, 0.717) is 6.42 Å². The molecule has 9 nitrogen and oxygen atoms in total. The number of hydrogen-bond donors (Lipinski definition) is 6. The summed E-state index contributed by atoms with van der Waals surface area (Å²) in [6, 6.07) is -0.825. The maximum Gasteiger partial charge on any atom is 0.220 e. The summed E-state index contributed by atoms with van der Waals surface area (Å²) < 4.78 is 11.2. The average molecular weight is 1040 g/mol. The van der Waals surface area contributed by atoms with Gasteiger partial charge in [-0.2, -0.15) is 0 Å². The van der Waals surface area contributed by atoms with E-state index in [-0.39, 0.29) is 12.5 Å². The third-order valence-corrected chi connectivity index (χ3v) is 15.1. The quantitative estimate of drug-likeness (QED) is 0.0261. The molecule has 9 heteroatoms. The molecule has 0 aromatic rings. The molecule has 74 heavy (non-hydrogen) atoms. The van der Waals surface area contributed by atoms with E-state index in [1.54, 1.807) is 6.08 Å². The molecule has 1 amide bonds. The van der Waals surface area contributed by atoms with Crippen LogP contribution in [0.3, 0.4) is 0 Å². The van der Waals surface area contributed by atoms with Crippen molar-refractivity contribution < 1.29 is 39.8 Å². The molecule has 1 aliphatic heterocycles. The number of hydrogen-bond acceptors (Lipinski definition) is 8. The van der Waals surface area contributed by atoms with Gasteiger partial charge in [0.1, 0.15) is 24.4 Å². The highest BCUT2D eigenvalue weighted by Crippen LogP contribution is 2.23. The Balaban J connectivity index is 1.97. The number of carbonyl (C=O) groups excluding carboxylic acids is 1. The minimum absolute atomic E-state index is 0.189. The van der Waals surface area contributed by atoms with Crippen molar-refractivity contribution >= 4 is 5.91 Å². The van der Waals surface area contributed by atoms with Gasteiger partial charge in [0.05, 0.1) is 25.4 Å². The van der Waals surface area contributed by atoms with E-state index < -0.39 is 49.5 Å². The molecule has 0 radical (unpaired) electrons. The third-order valence-electron chi connectivity index (χ3n) is 15.1. The first-order valence-electron chi connectivity index (χ1n) is 31.9. The zero-order valence-electron chi connectivity index (χ0n) is 48.4. The molecule has 0 aromatic heterocycles. The van der Waals surface area contributed by atoms with E-state index in [1.165, 1.54) is 231 Å². The molecule has 1 saturated heterocycles. The first-order valence-corrected chi connectivity index (χ1v) is 31.9. The van der Waals surface area contributed by atoms with Crippen LogP contribution in [0.15, 0.2) is 48.6 Å². The fourth-order valence-corrected chi connectivity index (χ4v) is 10.1. The fraction of sp³-hybridized carbons (Fsp3) is 0.862. The Hall–Kier alpha value is -1.85. The molecule has 6 N–H and O–H groups in total. The summed E-state index contributed by atoms with van der Waals surface area (Å²) in [6.07, 6.45) is 66.9. The van der Waals surface area contributed by atoms with E-state index in [4.69, 9.17) is 9.47 Å². The lowest BCUT2D eigenvalue weighted by Crippen LogP contribution is -2.60. The topological polar surface area (TPSA) is 149 Å². The molecule has 0 saturated carbocycles. The number of ether oxygens (including phenoxy) is 2. The Morgan fingerprint density at radius 3 is 1.20 bits per heavy atom. The van der Waals surface area contributed by atoms with E-state index in [1.807, 2.05) is 6.08 Å². The fourth-order valence-electron chi connectivity index (χ4n) is 10.1. The average Bonchev–Trinajstić information content (AvgIpc) is 3.40. The summed E-state index contributed by atoms with van der Waals surface area (Å²) in [4.78, 5) is 13.0. The molecule has 1 aliphatic rings. The second-order valence-electron chi connectivity index (χ2n) is 22.2. The molecule has 1 heterocycles. The monoisotopic (exact) mass is 1040 g/mol. The summed E-state index contributed by atoms with van der Waals surface area (Å²) in [5, 5.41) is 54.2. The first kappa shape index (κ1) is 70.2. The van der Waals surface area contributed by atoms with Gasteiger partial charge in [-0.15, -0.1) is 0 Å². The highest BCUT2D eigenvalue weighted by atomic mass is 16.7. The Morgan fingerprint density at radius 2 is 0.811 bits per heavy atom. The molecule has 7 unspecified atom stereocenters. The Labute approximate surface area is 456 Å². The van der Waals surface area contributed by atoms with Gasteiger partial charge in [0.25, 0.3) is 0 Å². The van der Waals surface area contributed by atoms with Crippen LogP contribution in [0.5, 0.6) is 0 Å². The van der Waals surface area contributed by atoms with Crippen LogP contribution in [0, 0.1) is 0 Å². The molecule has 1 rings (SSSR count). The van der Waals surface area contributed by atoms with Gasteiger partial charge in [-0.25, -0.2) is 0 Å². The van der Waals surface area contributed by atoms with E-state index in [9.17, 15) is 30.3 Å². The Morgan fingerprint density at radius 1 is 0.459 bits per heavy atom. The van der Waals surface area contributed by atoms with Crippen LogP contribution in [0.4, 0.5) is 0 Å². The number of allylic oxidation sites excluding steroid dienone is 7. The molecule has 1 fully saturated rings. The maximum absolute atomic E-state index is 13.0. The predicted octanol–water partition coefficient (Wildman–Crippen LogP) is 16.5. The summed E-state index contributed by atoms with van der Waals surface area (Å²) >= 11 is 0. The third kappa shape index (κ3) is 43.2. The smallest absolute Gasteiger partial charge is 0.220 e. The molecular weight excluding hydrogens is 923 g/mol. The summed E-state index contributed by atoms with van der Waals surface area (Å²) in [5.41, 5.74) is 0. The Bertz CT molecular complexity index is 1300. The van der Waals surface area contributed by atoms with Gasteiger partial charge >= 0.3 is 0 Å². The molecule has 7 atom stereocenters. The second-order valence-corrected chi connectivity index (χ2v) is 22.2. The van der Waals surface area contributed by atoms with Crippen LogP contribution in [0.25, 0.3) is 0 Å². The van der Waals surface area contributed by atoms with Gasteiger partial charge in [0.2, 0.25) is 5.91 Å². The van der Waals surface area contributed by atoms with Crippen molar-refractivity contribution in [3.05, 3.63) is 48.6 Å². The van der Waals surface area contributed by atoms with Gasteiger partial charge in [-0.1, -0.05) is 281 Å². The second kappa shape index (κ2) is 54.5. The van der Waals surface area contributed by atoms with Crippen LogP contribution >= 0.6 is 0 Å². The Kier molecular flexibility index (Phi) is 51.7. The zero-order chi connectivity index (χ0) is 53.6. The number of rotatable bonds is 55. The number of unbranched alkanes of at least 4 members (excludes halogenated alkanes) is 39.